The van der Waals surface area contributed by atoms with Gasteiger partial charge in [-0.15, -0.1) is 0 Å². The molecule has 18 heavy (non-hydrogen) atoms. The van der Waals surface area contributed by atoms with Crippen molar-refractivity contribution in [2.24, 2.45) is 16.2 Å². The predicted octanol–water partition coefficient (Wildman–Crippen LogP) is 5.62. The normalized spacial score (nSPS) is 12.6. The molecule has 0 aliphatic heterocycles. The molecular weight excluding hydrogens is 218 g/mol. The lowest BCUT2D eigenvalue weighted by atomic mass is 9.61. The molecule has 0 aromatic heterocycles. The van der Waals surface area contributed by atoms with Crippen molar-refractivity contribution in [3.05, 3.63) is 12.3 Å². The van der Waals surface area contributed by atoms with E-state index in [1.165, 1.54) is 6.42 Å². The molecule has 0 radical (unpaired) electrons. The van der Waals surface area contributed by atoms with Gasteiger partial charge in [0.2, 0.25) is 0 Å². The second kappa shape index (κ2) is 7.21. The molecule has 0 aliphatic carbocycles. The van der Waals surface area contributed by atoms with Gasteiger partial charge in [0, 0.05) is 12.7 Å². The Kier molecular flexibility index (Phi) is 7.96. The zero-order valence-electron chi connectivity index (χ0n) is 14.6. The van der Waals surface area contributed by atoms with Crippen LogP contribution in [0.4, 0.5) is 0 Å². The van der Waals surface area contributed by atoms with Crippen molar-refractivity contribution in [2.45, 2.75) is 75.2 Å². The summed E-state index contributed by atoms with van der Waals surface area (Å²) in [5.41, 5.74) is 2.11. The van der Waals surface area contributed by atoms with E-state index in [1.54, 1.807) is 0 Å². The average molecular weight is 255 g/mol. The highest BCUT2D eigenvalue weighted by atomic mass is 14.8. The third-order valence-electron chi connectivity index (χ3n) is 4.00. The van der Waals surface area contributed by atoms with E-state index in [-0.39, 0.29) is 0 Å². The van der Waals surface area contributed by atoms with E-state index in [9.17, 15) is 0 Å². The molecule has 0 saturated heterocycles. The van der Waals surface area contributed by atoms with Crippen LogP contribution in [-0.4, -0.2) is 7.05 Å². The van der Waals surface area contributed by atoms with Crippen molar-refractivity contribution >= 4 is 0 Å². The van der Waals surface area contributed by atoms with Crippen LogP contribution in [0.15, 0.2) is 12.3 Å². The first-order valence-corrected chi connectivity index (χ1v) is 7.27. The molecular formula is C17H37N. The first kappa shape index (κ1) is 19.9. The van der Waals surface area contributed by atoms with Gasteiger partial charge in [-0.1, -0.05) is 68.9 Å². The highest BCUT2D eigenvalue weighted by molar-refractivity contribution is 4.97. The summed E-state index contributed by atoms with van der Waals surface area (Å²) >= 11 is 0. The maximum atomic E-state index is 4.04. The van der Waals surface area contributed by atoms with Crippen molar-refractivity contribution in [2.75, 3.05) is 7.05 Å². The smallest absolute Gasteiger partial charge is 0.00364 e. The maximum Gasteiger partial charge on any atom is 0.00364 e. The van der Waals surface area contributed by atoms with Gasteiger partial charge in [0.25, 0.3) is 0 Å². The molecule has 0 fully saturated rings. The van der Waals surface area contributed by atoms with Gasteiger partial charge in [0.15, 0.2) is 0 Å². The molecule has 1 nitrogen and oxygen atoms in total. The lowest BCUT2D eigenvalue weighted by Crippen LogP contribution is -2.35. The Balaban J connectivity index is 0. The van der Waals surface area contributed by atoms with Crippen molar-refractivity contribution in [1.29, 1.82) is 0 Å². The van der Waals surface area contributed by atoms with Crippen LogP contribution in [0.25, 0.3) is 0 Å². The largest absolute Gasteiger partial charge is 0.392 e. The summed E-state index contributed by atoms with van der Waals surface area (Å²) in [6, 6.07) is 0. The molecule has 0 atom stereocenters. The van der Waals surface area contributed by atoms with E-state index in [4.69, 9.17) is 0 Å². The van der Waals surface area contributed by atoms with Crippen LogP contribution in [0.2, 0.25) is 0 Å². The minimum atomic E-state index is 0.302. The van der Waals surface area contributed by atoms with Gasteiger partial charge in [-0.2, -0.15) is 0 Å². The van der Waals surface area contributed by atoms with E-state index < -0.39 is 0 Å². The molecule has 0 unspecified atom stereocenters. The van der Waals surface area contributed by atoms with Crippen LogP contribution in [0.5, 0.6) is 0 Å². The standard InChI is InChI=1S/C15H31N.C2H6/c1-12(16-9)10-14(5,6)11-15(7,8)13(2,3)4;1-2/h16H,1,10-11H2,2-9H3;1-2H3. The zero-order valence-corrected chi connectivity index (χ0v) is 14.6. The van der Waals surface area contributed by atoms with Gasteiger partial charge in [0.05, 0.1) is 0 Å². The van der Waals surface area contributed by atoms with Crippen LogP contribution in [0, 0.1) is 16.2 Å². The van der Waals surface area contributed by atoms with Crippen LogP contribution >= 0.6 is 0 Å². The summed E-state index contributed by atoms with van der Waals surface area (Å²) in [5.74, 6) is 0. The average Bonchev–Trinajstić information content (AvgIpc) is 2.16. The summed E-state index contributed by atoms with van der Waals surface area (Å²) in [6.07, 6.45) is 2.26. The first-order valence-electron chi connectivity index (χ1n) is 7.27. The van der Waals surface area contributed by atoms with Gasteiger partial charge in [-0.25, -0.2) is 0 Å². The van der Waals surface area contributed by atoms with Gasteiger partial charge in [0.1, 0.15) is 0 Å². The van der Waals surface area contributed by atoms with Gasteiger partial charge >= 0.3 is 0 Å². The molecule has 0 rings (SSSR count). The van der Waals surface area contributed by atoms with Crippen LogP contribution in [0.3, 0.4) is 0 Å². The number of hydrogen-bond donors (Lipinski definition) is 1. The summed E-state index contributed by atoms with van der Waals surface area (Å²) < 4.78 is 0. The third kappa shape index (κ3) is 7.08. The summed E-state index contributed by atoms with van der Waals surface area (Å²) in [4.78, 5) is 0. The molecule has 0 saturated carbocycles. The SMILES string of the molecule is C=C(CC(C)(C)CC(C)(C)C(C)(C)C)NC.CC. The summed E-state index contributed by atoms with van der Waals surface area (Å²) in [7, 11) is 1.95. The first-order chi connectivity index (χ1) is 7.91. The van der Waals surface area contributed by atoms with Gasteiger partial charge in [-0.05, 0) is 29.1 Å². The lowest BCUT2D eigenvalue weighted by molar-refractivity contribution is 0.0668. The Morgan fingerprint density at radius 3 is 1.61 bits per heavy atom. The molecule has 110 valence electrons. The number of nitrogens with one attached hydrogen (secondary N) is 1. The van der Waals surface area contributed by atoms with Crippen molar-refractivity contribution in [3.8, 4) is 0 Å². The Hall–Kier alpha value is -0.460. The highest BCUT2D eigenvalue weighted by Gasteiger charge is 2.37. The molecule has 0 aliphatic rings. The second-order valence-corrected chi connectivity index (χ2v) is 7.51. The van der Waals surface area contributed by atoms with E-state index in [1.807, 2.05) is 20.9 Å². The van der Waals surface area contributed by atoms with Crippen LogP contribution in [0.1, 0.15) is 75.2 Å². The molecule has 0 aromatic carbocycles. The minimum absolute atomic E-state index is 0.302. The second-order valence-electron chi connectivity index (χ2n) is 7.51. The Morgan fingerprint density at radius 1 is 0.944 bits per heavy atom. The lowest BCUT2D eigenvalue weighted by Gasteiger charge is -2.44. The topological polar surface area (TPSA) is 12.0 Å². The van der Waals surface area contributed by atoms with E-state index >= 15 is 0 Å². The molecule has 1 heteroatoms. The van der Waals surface area contributed by atoms with Crippen molar-refractivity contribution in [3.63, 3.8) is 0 Å². The molecule has 0 spiro atoms. The fraction of sp³-hybridized carbons (Fsp3) is 0.882. The third-order valence-corrected chi connectivity index (χ3v) is 4.00. The molecule has 0 bridgehead atoms. The minimum Gasteiger partial charge on any atom is -0.392 e. The maximum absolute atomic E-state index is 4.04. The van der Waals surface area contributed by atoms with Crippen molar-refractivity contribution in [1.82, 2.24) is 5.32 Å². The Bertz CT molecular complexity index is 241. The zero-order chi connectivity index (χ0) is 15.2. The number of rotatable bonds is 5. The molecule has 1 N–H and O–H groups in total. The van der Waals surface area contributed by atoms with E-state index in [0.717, 1.165) is 12.1 Å². The van der Waals surface area contributed by atoms with Crippen LogP contribution < -0.4 is 5.32 Å². The summed E-state index contributed by atoms with van der Waals surface area (Å²) in [5, 5.41) is 3.15. The molecule has 0 aromatic rings. The quantitative estimate of drug-likeness (QED) is 0.672. The fourth-order valence-corrected chi connectivity index (χ4v) is 2.19. The Morgan fingerprint density at radius 2 is 1.33 bits per heavy atom. The monoisotopic (exact) mass is 255 g/mol. The molecule has 0 amide bonds. The van der Waals surface area contributed by atoms with Crippen LogP contribution in [-0.2, 0) is 0 Å². The van der Waals surface area contributed by atoms with E-state index in [0.29, 0.717) is 16.2 Å². The molecule has 0 heterocycles. The highest BCUT2D eigenvalue weighted by Crippen LogP contribution is 2.47. The van der Waals surface area contributed by atoms with Gasteiger partial charge < -0.3 is 5.32 Å². The van der Waals surface area contributed by atoms with Gasteiger partial charge in [-0.3, -0.25) is 0 Å². The van der Waals surface area contributed by atoms with Crippen molar-refractivity contribution < 1.29 is 0 Å². The number of allylic oxidation sites excluding steroid dienone is 1. The Labute approximate surface area is 116 Å². The summed E-state index contributed by atoms with van der Waals surface area (Å²) in [6.45, 7) is 24.4. The predicted molar refractivity (Wildman–Crippen MR) is 85.8 cm³/mol. The van der Waals surface area contributed by atoms with E-state index in [2.05, 4.69) is 60.4 Å². The number of hydrogen-bond acceptors (Lipinski definition) is 1. The fourth-order valence-electron chi connectivity index (χ4n) is 2.19.